The summed E-state index contributed by atoms with van der Waals surface area (Å²) < 4.78 is 0. The highest BCUT2D eigenvalue weighted by molar-refractivity contribution is 5.77. The molecule has 1 unspecified atom stereocenters. The standard InChI is InChI=1S/C22H28N4O/c1-16-23-11-8-21(25-16)26-12-9-17(10-13-26)15-24-22(27)14-19-7-6-18-4-2-3-5-20(18)19/h2-5,8,11,17,19H,6-7,9-10,12-15H2,1H3,(H,24,27). The van der Waals surface area contributed by atoms with E-state index in [4.69, 9.17) is 0 Å². The first-order valence-corrected chi connectivity index (χ1v) is 10.1. The molecule has 0 bridgehead atoms. The molecule has 2 aromatic rings. The lowest BCUT2D eigenvalue weighted by Gasteiger charge is -2.33. The second-order valence-corrected chi connectivity index (χ2v) is 7.84. The molecule has 1 aliphatic heterocycles. The summed E-state index contributed by atoms with van der Waals surface area (Å²) >= 11 is 0. The number of piperidine rings is 1. The fourth-order valence-electron chi connectivity index (χ4n) is 4.40. The molecule has 142 valence electrons. The van der Waals surface area contributed by atoms with Gasteiger partial charge in [0.2, 0.25) is 5.91 Å². The summed E-state index contributed by atoms with van der Waals surface area (Å²) in [5, 5.41) is 3.19. The van der Waals surface area contributed by atoms with Crippen molar-refractivity contribution in [3.63, 3.8) is 0 Å². The van der Waals surface area contributed by atoms with Crippen LogP contribution in [0.4, 0.5) is 5.82 Å². The van der Waals surface area contributed by atoms with E-state index in [9.17, 15) is 4.79 Å². The van der Waals surface area contributed by atoms with Crippen molar-refractivity contribution in [1.82, 2.24) is 15.3 Å². The molecule has 2 heterocycles. The van der Waals surface area contributed by atoms with E-state index in [0.717, 1.165) is 57.0 Å². The Labute approximate surface area is 161 Å². The van der Waals surface area contributed by atoms with Crippen LogP contribution in [0.1, 0.15) is 48.6 Å². The second kappa shape index (κ2) is 8.07. The molecule has 5 nitrogen and oxygen atoms in total. The van der Waals surface area contributed by atoms with E-state index >= 15 is 0 Å². The molecule has 0 saturated carbocycles. The molecule has 1 fully saturated rings. The van der Waals surface area contributed by atoms with Crippen molar-refractivity contribution < 1.29 is 4.79 Å². The third-order valence-corrected chi connectivity index (χ3v) is 5.98. The van der Waals surface area contributed by atoms with Crippen LogP contribution >= 0.6 is 0 Å². The summed E-state index contributed by atoms with van der Waals surface area (Å²) in [6, 6.07) is 10.5. The Bertz CT molecular complexity index is 798. The van der Waals surface area contributed by atoms with Crippen molar-refractivity contribution in [2.24, 2.45) is 5.92 Å². The predicted molar refractivity (Wildman–Crippen MR) is 107 cm³/mol. The third-order valence-electron chi connectivity index (χ3n) is 5.98. The topological polar surface area (TPSA) is 58.1 Å². The van der Waals surface area contributed by atoms with Gasteiger partial charge in [0.05, 0.1) is 0 Å². The minimum atomic E-state index is 0.200. The van der Waals surface area contributed by atoms with Crippen LogP contribution in [0.25, 0.3) is 0 Å². The van der Waals surface area contributed by atoms with E-state index in [-0.39, 0.29) is 5.91 Å². The smallest absolute Gasteiger partial charge is 0.220 e. The molecule has 5 heteroatoms. The molecule has 1 atom stereocenters. The lowest BCUT2D eigenvalue weighted by Crippen LogP contribution is -2.39. The number of amides is 1. The van der Waals surface area contributed by atoms with Crippen LogP contribution < -0.4 is 10.2 Å². The Kier molecular flexibility index (Phi) is 5.37. The van der Waals surface area contributed by atoms with Crippen molar-refractivity contribution >= 4 is 11.7 Å². The maximum absolute atomic E-state index is 12.4. The van der Waals surface area contributed by atoms with Crippen LogP contribution in [0.3, 0.4) is 0 Å². The van der Waals surface area contributed by atoms with E-state index in [0.29, 0.717) is 18.3 Å². The van der Waals surface area contributed by atoms with Crippen molar-refractivity contribution in [3.8, 4) is 0 Å². The molecule has 4 rings (SSSR count). The fourth-order valence-corrected chi connectivity index (χ4v) is 4.40. The van der Waals surface area contributed by atoms with Crippen LogP contribution in [0.2, 0.25) is 0 Å². The lowest BCUT2D eigenvalue weighted by atomic mass is 9.95. The fraction of sp³-hybridized carbons (Fsp3) is 0.500. The lowest BCUT2D eigenvalue weighted by molar-refractivity contribution is -0.121. The minimum Gasteiger partial charge on any atom is -0.356 e. The zero-order valence-electron chi connectivity index (χ0n) is 16.0. The molecule has 0 radical (unpaired) electrons. The van der Waals surface area contributed by atoms with Gasteiger partial charge in [0.25, 0.3) is 0 Å². The molecule has 1 aromatic carbocycles. The van der Waals surface area contributed by atoms with Crippen LogP contribution in [-0.2, 0) is 11.2 Å². The van der Waals surface area contributed by atoms with E-state index in [1.165, 1.54) is 11.1 Å². The van der Waals surface area contributed by atoms with E-state index in [2.05, 4.69) is 44.5 Å². The monoisotopic (exact) mass is 364 g/mol. The molecule has 27 heavy (non-hydrogen) atoms. The number of aromatic nitrogens is 2. The van der Waals surface area contributed by atoms with Gasteiger partial charge in [-0.1, -0.05) is 24.3 Å². The number of hydrogen-bond acceptors (Lipinski definition) is 4. The highest BCUT2D eigenvalue weighted by Crippen LogP contribution is 2.35. The molecule has 2 aliphatic rings. The molecular weight excluding hydrogens is 336 g/mol. The molecule has 1 aliphatic carbocycles. The van der Waals surface area contributed by atoms with Gasteiger partial charge < -0.3 is 10.2 Å². The van der Waals surface area contributed by atoms with Crippen LogP contribution in [0.5, 0.6) is 0 Å². The molecule has 0 spiro atoms. The van der Waals surface area contributed by atoms with Gasteiger partial charge in [-0.2, -0.15) is 0 Å². The van der Waals surface area contributed by atoms with Crippen molar-refractivity contribution in [1.29, 1.82) is 0 Å². The molecular formula is C22H28N4O. The van der Waals surface area contributed by atoms with Gasteiger partial charge in [-0.15, -0.1) is 0 Å². The second-order valence-electron chi connectivity index (χ2n) is 7.84. The Morgan fingerprint density at radius 2 is 2.00 bits per heavy atom. The Balaban J connectivity index is 1.22. The van der Waals surface area contributed by atoms with E-state index < -0.39 is 0 Å². The molecule has 1 aromatic heterocycles. The van der Waals surface area contributed by atoms with Gasteiger partial charge >= 0.3 is 0 Å². The van der Waals surface area contributed by atoms with Gasteiger partial charge in [-0.05, 0) is 61.6 Å². The number of nitrogens with one attached hydrogen (secondary N) is 1. The Hall–Kier alpha value is -2.43. The average Bonchev–Trinajstić information content (AvgIpc) is 3.10. The number of anilines is 1. The molecule has 1 N–H and O–H groups in total. The number of carbonyl (C=O) groups is 1. The number of benzene rings is 1. The summed E-state index contributed by atoms with van der Waals surface area (Å²) in [5.74, 6) is 2.99. The Morgan fingerprint density at radius 3 is 2.81 bits per heavy atom. The predicted octanol–water partition coefficient (Wildman–Crippen LogP) is 3.24. The van der Waals surface area contributed by atoms with Gasteiger partial charge in [-0.25, -0.2) is 9.97 Å². The van der Waals surface area contributed by atoms with Gasteiger partial charge in [0, 0.05) is 32.3 Å². The van der Waals surface area contributed by atoms with Gasteiger partial charge in [0.1, 0.15) is 11.6 Å². The third kappa shape index (κ3) is 4.29. The maximum Gasteiger partial charge on any atom is 0.220 e. The number of nitrogens with zero attached hydrogens (tertiary/aromatic N) is 3. The maximum atomic E-state index is 12.4. The van der Waals surface area contributed by atoms with Crippen LogP contribution in [0.15, 0.2) is 36.5 Å². The first-order valence-electron chi connectivity index (χ1n) is 10.1. The average molecular weight is 364 g/mol. The summed E-state index contributed by atoms with van der Waals surface area (Å²) in [5.41, 5.74) is 2.80. The first kappa shape index (κ1) is 18.0. The summed E-state index contributed by atoms with van der Waals surface area (Å²) in [6.45, 7) is 4.71. The number of fused-ring (bicyclic) bond motifs is 1. The zero-order valence-corrected chi connectivity index (χ0v) is 16.0. The first-order chi connectivity index (χ1) is 13.2. The number of hydrogen-bond donors (Lipinski definition) is 1. The minimum absolute atomic E-state index is 0.200. The Morgan fingerprint density at radius 1 is 1.19 bits per heavy atom. The van der Waals surface area contributed by atoms with Crippen molar-refractivity contribution in [3.05, 3.63) is 53.5 Å². The number of rotatable bonds is 5. The highest BCUT2D eigenvalue weighted by atomic mass is 16.1. The normalized spacial score (nSPS) is 19.7. The largest absolute Gasteiger partial charge is 0.356 e. The molecule has 1 amide bonds. The summed E-state index contributed by atoms with van der Waals surface area (Å²) in [6.07, 6.45) is 6.84. The van der Waals surface area contributed by atoms with Gasteiger partial charge in [-0.3, -0.25) is 4.79 Å². The molecule has 1 saturated heterocycles. The SMILES string of the molecule is Cc1nccc(N2CCC(CNC(=O)CC3CCc4ccccc43)CC2)n1. The quantitative estimate of drug-likeness (QED) is 0.885. The number of carbonyl (C=O) groups excluding carboxylic acids is 1. The highest BCUT2D eigenvalue weighted by Gasteiger charge is 2.25. The summed E-state index contributed by atoms with van der Waals surface area (Å²) in [4.78, 5) is 23.4. The van der Waals surface area contributed by atoms with E-state index in [1.807, 2.05) is 19.2 Å². The summed E-state index contributed by atoms with van der Waals surface area (Å²) in [7, 11) is 0. The van der Waals surface area contributed by atoms with Crippen LogP contribution in [0, 0.1) is 12.8 Å². The van der Waals surface area contributed by atoms with Gasteiger partial charge in [0.15, 0.2) is 0 Å². The zero-order chi connectivity index (χ0) is 18.6. The number of aryl methyl sites for hydroxylation is 2. The van der Waals surface area contributed by atoms with E-state index in [1.54, 1.807) is 0 Å². The van der Waals surface area contributed by atoms with Crippen molar-refractivity contribution in [2.45, 2.75) is 44.9 Å². The van der Waals surface area contributed by atoms with Crippen LogP contribution in [-0.4, -0.2) is 35.5 Å². The van der Waals surface area contributed by atoms with Crippen molar-refractivity contribution in [2.75, 3.05) is 24.5 Å².